The van der Waals surface area contributed by atoms with Crippen molar-refractivity contribution in [3.63, 3.8) is 0 Å². The first-order chi connectivity index (χ1) is 7.18. The van der Waals surface area contributed by atoms with Gasteiger partial charge < -0.3 is 5.11 Å². The van der Waals surface area contributed by atoms with E-state index >= 15 is 0 Å². The van der Waals surface area contributed by atoms with Crippen LogP contribution < -0.4 is 0 Å². The Morgan fingerprint density at radius 2 is 2.13 bits per heavy atom. The van der Waals surface area contributed by atoms with E-state index in [0.29, 0.717) is 5.57 Å². The maximum Gasteiger partial charge on any atom is 0.331 e. The van der Waals surface area contributed by atoms with Crippen LogP contribution in [0.3, 0.4) is 0 Å². The molecule has 2 aromatic rings. The van der Waals surface area contributed by atoms with Crippen LogP contribution in [0.25, 0.3) is 16.2 Å². The molecule has 0 radical (unpaired) electrons. The standard InChI is InChI=1S/C12H10O2S/c1-8(12(13)14)6-9-7-15-11-5-3-2-4-10(9)11/h2-7H,1H3,(H,13,14)/b8-6+. The summed E-state index contributed by atoms with van der Waals surface area (Å²) in [6.45, 7) is 1.61. The van der Waals surface area contributed by atoms with Gasteiger partial charge in [-0.15, -0.1) is 11.3 Å². The fraction of sp³-hybridized carbons (Fsp3) is 0.0833. The zero-order valence-corrected chi connectivity index (χ0v) is 9.04. The van der Waals surface area contributed by atoms with Crippen LogP contribution in [0.15, 0.2) is 35.2 Å². The second-order valence-electron chi connectivity index (χ2n) is 3.32. The molecule has 0 fully saturated rings. The second kappa shape index (κ2) is 3.87. The molecule has 0 bridgehead atoms. The molecular formula is C12H10O2S. The predicted molar refractivity (Wildman–Crippen MR) is 63.1 cm³/mol. The van der Waals surface area contributed by atoms with Crippen molar-refractivity contribution < 1.29 is 9.90 Å². The van der Waals surface area contributed by atoms with Crippen LogP contribution in [0.2, 0.25) is 0 Å². The summed E-state index contributed by atoms with van der Waals surface area (Å²) in [5.41, 5.74) is 1.34. The maximum absolute atomic E-state index is 10.7. The summed E-state index contributed by atoms with van der Waals surface area (Å²) in [6.07, 6.45) is 1.71. The van der Waals surface area contributed by atoms with E-state index in [1.54, 1.807) is 24.3 Å². The van der Waals surface area contributed by atoms with E-state index in [1.807, 2.05) is 29.6 Å². The Hall–Kier alpha value is -1.61. The van der Waals surface area contributed by atoms with Crippen LogP contribution in [0.4, 0.5) is 0 Å². The molecule has 1 N–H and O–H groups in total. The molecule has 0 aliphatic heterocycles. The molecule has 0 saturated heterocycles. The summed E-state index contributed by atoms with van der Waals surface area (Å²) in [6, 6.07) is 7.99. The second-order valence-corrected chi connectivity index (χ2v) is 4.23. The topological polar surface area (TPSA) is 37.3 Å². The molecule has 1 heterocycles. The number of thiophene rings is 1. The number of carboxylic acids is 1. The van der Waals surface area contributed by atoms with Crippen molar-refractivity contribution in [3.05, 3.63) is 40.8 Å². The third kappa shape index (κ3) is 1.92. The Kier molecular flexibility index (Phi) is 2.56. The number of rotatable bonds is 2. The van der Waals surface area contributed by atoms with E-state index in [0.717, 1.165) is 10.9 Å². The van der Waals surface area contributed by atoms with Gasteiger partial charge in [0.25, 0.3) is 0 Å². The first-order valence-electron chi connectivity index (χ1n) is 4.56. The van der Waals surface area contributed by atoms with Crippen LogP contribution in [-0.2, 0) is 4.79 Å². The average molecular weight is 218 g/mol. The number of carbonyl (C=O) groups is 1. The lowest BCUT2D eigenvalue weighted by Crippen LogP contribution is -1.94. The van der Waals surface area contributed by atoms with Crippen molar-refractivity contribution in [2.24, 2.45) is 0 Å². The van der Waals surface area contributed by atoms with Gasteiger partial charge in [0.2, 0.25) is 0 Å². The quantitative estimate of drug-likeness (QED) is 0.784. The van der Waals surface area contributed by atoms with Gasteiger partial charge in [-0.2, -0.15) is 0 Å². The van der Waals surface area contributed by atoms with Gasteiger partial charge in [-0.1, -0.05) is 18.2 Å². The lowest BCUT2D eigenvalue weighted by Gasteiger charge is -1.93. The van der Waals surface area contributed by atoms with Crippen LogP contribution >= 0.6 is 11.3 Å². The maximum atomic E-state index is 10.7. The monoisotopic (exact) mass is 218 g/mol. The molecule has 3 heteroatoms. The first-order valence-corrected chi connectivity index (χ1v) is 5.44. The van der Waals surface area contributed by atoms with Crippen molar-refractivity contribution in [2.45, 2.75) is 6.92 Å². The molecule has 0 atom stereocenters. The lowest BCUT2D eigenvalue weighted by molar-refractivity contribution is -0.132. The molecule has 2 rings (SSSR count). The Bertz CT molecular complexity index is 537. The average Bonchev–Trinajstić information content (AvgIpc) is 2.62. The van der Waals surface area contributed by atoms with Gasteiger partial charge in [-0.3, -0.25) is 0 Å². The van der Waals surface area contributed by atoms with E-state index in [9.17, 15) is 4.79 Å². The van der Waals surface area contributed by atoms with Crippen LogP contribution in [0.1, 0.15) is 12.5 Å². The normalized spacial score (nSPS) is 11.9. The molecule has 0 amide bonds. The van der Waals surface area contributed by atoms with Gasteiger partial charge in [0.05, 0.1) is 0 Å². The number of hydrogen-bond acceptors (Lipinski definition) is 2. The number of carboxylic acid groups (broad SMARTS) is 1. The minimum atomic E-state index is -0.870. The Balaban J connectivity index is 2.54. The van der Waals surface area contributed by atoms with E-state index in [1.165, 1.54) is 4.70 Å². The molecule has 0 aliphatic carbocycles. The van der Waals surface area contributed by atoms with Crippen molar-refractivity contribution in [3.8, 4) is 0 Å². The largest absolute Gasteiger partial charge is 0.478 e. The van der Waals surface area contributed by atoms with Gasteiger partial charge in [-0.25, -0.2) is 4.79 Å². The van der Waals surface area contributed by atoms with Gasteiger partial charge >= 0.3 is 5.97 Å². The highest BCUT2D eigenvalue weighted by Crippen LogP contribution is 2.27. The summed E-state index contributed by atoms with van der Waals surface area (Å²) in [4.78, 5) is 10.7. The molecule has 2 nitrogen and oxygen atoms in total. The van der Waals surface area contributed by atoms with Crippen molar-refractivity contribution >= 4 is 33.5 Å². The third-order valence-electron chi connectivity index (χ3n) is 2.22. The molecule has 0 saturated carbocycles. The van der Waals surface area contributed by atoms with Crippen LogP contribution in [0.5, 0.6) is 0 Å². The van der Waals surface area contributed by atoms with E-state index in [-0.39, 0.29) is 0 Å². The summed E-state index contributed by atoms with van der Waals surface area (Å²) in [5.74, 6) is -0.870. The molecule has 1 aromatic heterocycles. The molecule has 76 valence electrons. The van der Waals surface area contributed by atoms with E-state index in [2.05, 4.69) is 0 Å². The Morgan fingerprint density at radius 3 is 2.87 bits per heavy atom. The highest BCUT2D eigenvalue weighted by Gasteiger charge is 2.04. The number of aliphatic carboxylic acids is 1. The number of fused-ring (bicyclic) bond motifs is 1. The summed E-state index contributed by atoms with van der Waals surface area (Å²) in [5, 5.41) is 11.9. The molecule has 15 heavy (non-hydrogen) atoms. The van der Waals surface area contributed by atoms with Gasteiger partial charge in [0.1, 0.15) is 0 Å². The van der Waals surface area contributed by atoms with Crippen LogP contribution in [0, 0.1) is 0 Å². The number of benzene rings is 1. The van der Waals surface area contributed by atoms with Crippen molar-refractivity contribution in [1.82, 2.24) is 0 Å². The van der Waals surface area contributed by atoms with Crippen molar-refractivity contribution in [1.29, 1.82) is 0 Å². The van der Waals surface area contributed by atoms with E-state index < -0.39 is 5.97 Å². The summed E-state index contributed by atoms with van der Waals surface area (Å²) in [7, 11) is 0. The molecule has 1 aromatic carbocycles. The third-order valence-corrected chi connectivity index (χ3v) is 3.20. The highest BCUT2D eigenvalue weighted by molar-refractivity contribution is 7.17. The fourth-order valence-corrected chi connectivity index (χ4v) is 2.32. The predicted octanol–water partition coefficient (Wildman–Crippen LogP) is 3.39. The smallest absolute Gasteiger partial charge is 0.331 e. The molecule has 0 unspecified atom stereocenters. The zero-order chi connectivity index (χ0) is 10.8. The lowest BCUT2D eigenvalue weighted by atomic mass is 10.1. The van der Waals surface area contributed by atoms with E-state index in [4.69, 9.17) is 5.11 Å². The SMILES string of the molecule is C/C(=C\c1csc2ccccc12)C(=O)O. The highest BCUT2D eigenvalue weighted by atomic mass is 32.1. The fourth-order valence-electron chi connectivity index (χ4n) is 1.41. The molecular weight excluding hydrogens is 208 g/mol. The first kappa shape index (κ1) is 9.93. The minimum Gasteiger partial charge on any atom is -0.478 e. The molecule has 0 spiro atoms. The molecule has 0 aliphatic rings. The van der Waals surface area contributed by atoms with Gasteiger partial charge in [0, 0.05) is 10.3 Å². The van der Waals surface area contributed by atoms with Crippen molar-refractivity contribution in [2.75, 3.05) is 0 Å². The summed E-state index contributed by atoms with van der Waals surface area (Å²) >= 11 is 1.63. The minimum absolute atomic E-state index is 0.360. The van der Waals surface area contributed by atoms with Gasteiger partial charge in [0.15, 0.2) is 0 Å². The number of hydrogen-bond donors (Lipinski definition) is 1. The van der Waals surface area contributed by atoms with Crippen LogP contribution in [-0.4, -0.2) is 11.1 Å². The van der Waals surface area contributed by atoms with Gasteiger partial charge in [-0.05, 0) is 35.4 Å². The Morgan fingerprint density at radius 1 is 1.40 bits per heavy atom. The summed E-state index contributed by atoms with van der Waals surface area (Å²) < 4.78 is 1.18. The Labute approximate surface area is 91.5 Å². The zero-order valence-electron chi connectivity index (χ0n) is 8.23.